The summed E-state index contributed by atoms with van der Waals surface area (Å²) in [5.41, 5.74) is 0. The minimum Gasteiger partial charge on any atom is -0.396 e. The molecule has 0 aliphatic heterocycles. The van der Waals surface area contributed by atoms with E-state index < -0.39 is 6.43 Å². The summed E-state index contributed by atoms with van der Waals surface area (Å²) in [5.74, 6) is -0.0134. The summed E-state index contributed by atoms with van der Waals surface area (Å²) in [7, 11) is 0. The molecule has 0 heterocycles. The lowest BCUT2D eigenvalue weighted by molar-refractivity contribution is -0.00391. The molecule has 1 nitrogen and oxygen atoms in total. The highest BCUT2D eigenvalue weighted by Crippen LogP contribution is 2.39. The van der Waals surface area contributed by atoms with E-state index in [1.54, 1.807) is 0 Å². The van der Waals surface area contributed by atoms with Crippen molar-refractivity contribution in [1.29, 1.82) is 0 Å². The third-order valence-electron chi connectivity index (χ3n) is 2.17. The molecule has 0 amide bonds. The molecule has 0 radical (unpaired) electrons. The van der Waals surface area contributed by atoms with Crippen LogP contribution in [0.1, 0.15) is 19.3 Å². The maximum Gasteiger partial charge on any atom is 0.241 e. The third-order valence-corrected chi connectivity index (χ3v) is 2.17. The number of alkyl halides is 2. The molecule has 0 aromatic rings. The fourth-order valence-electron chi connectivity index (χ4n) is 1.41. The quantitative estimate of drug-likeness (QED) is 0.648. The van der Waals surface area contributed by atoms with Gasteiger partial charge < -0.3 is 5.11 Å². The summed E-state index contributed by atoms with van der Waals surface area (Å²) in [5, 5.41) is 8.44. The molecule has 0 spiro atoms. The largest absolute Gasteiger partial charge is 0.396 e. The smallest absolute Gasteiger partial charge is 0.241 e. The fourth-order valence-corrected chi connectivity index (χ4v) is 1.41. The highest BCUT2D eigenvalue weighted by molar-refractivity contribution is 4.80. The van der Waals surface area contributed by atoms with Crippen LogP contribution >= 0.6 is 0 Å². The van der Waals surface area contributed by atoms with Gasteiger partial charge in [0.05, 0.1) is 0 Å². The molecule has 1 aliphatic rings. The topological polar surface area (TPSA) is 20.2 Å². The van der Waals surface area contributed by atoms with Gasteiger partial charge in [0.15, 0.2) is 0 Å². The van der Waals surface area contributed by atoms with Crippen LogP contribution in [0, 0.1) is 11.8 Å². The molecule has 0 atom stereocenters. The first kappa shape index (κ1) is 7.92. The molecule has 0 saturated heterocycles. The Hall–Kier alpha value is -0.180. The van der Waals surface area contributed by atoms with Gasteiger partial charge in [-0.05, 0) is 25.2 Å². The summed E-state index contributed by atoms with van der Waals surface area (Å²) >= 11 is 0. The summed E-state index contributed by atoms with van der Waals surface area (Å²) in [4.78, 5) is 0. The number of aliphatic hydroxyl groups is 1. The van der Waals surface area contributed by atoms with Crippen molar-refractivity contribution in [3.05, 3.63) is 0 Å². The van der Waals surface area contributed by atoms with E-state index in [0.717, 1.165) is 0 Å². The first-order valence-corrected chi connectivity index (χ1v) is 3.63. The molecule has 10 heavy (non-hydrogen) atoms. The first-order chi connectivity index (χ1) is 4.74. The molecule has 60 valence electrons. The van der Waals surface area contributed by atoms with Crippen LogP contribution in [0.25, 0.3) is 0 Å². The SMILES string of the molecule is OCCC1CC(C(F)F)C1. The van der Waals surface area contributed by atoms with E-state index in [-0.39, 0.29) is 12.5 Å². The van der Waals surface area contributed by atoms with Crippen LogP contribution in [0.4, 0.5) is 8.78 Å². The molecule has 0 aromatic carbocycles. The predicted molar refractivity (Wildman–Crippen MR) is 33.9 cm³/mol. The molecular formula is C7H12F2O. The lowest BCUT2D eigenvalue weighted by Crippen LogP contribution is -2.29. The van der Waals surface area contributed by atoms with Gasteiger partial charge in [-0.15, -0.1) is 0 Å². The molecule has 1 N–H and O–H groups in total. The molecule has 1 aliphatic carbocycles. The highest BCUT2D eigenvalue weighted by Gasteiger charge is 2.34. The van der Waals surface area contributed by atoms with E-state index in [9.17, 15) is 8.78 Å². The second-order valence-corrected chi connectivity index (χ2v) is 2.94. The fraction of sp³-hybridized carbons (Fsp3) is 1.00. The lowest BCUT2D eigenvalue weighted by atomic mass is 9.74. The molecule has 3 heteroatoms. The van der Waals surface area contributed by atoms with Crippen molar-refractivity contribution in [2.45, 2.75) is 25.7 Å². The van der Waals surface area contributed by atoms with Crippen molar-refractivity contribution < 1.29 is 13.9 Å². The Morgan fingerprint density at radius 1 is 1.40 bits per heavy atom. The summed E-state index contributed by atoms with van der Waals surface area (Å²) in [6, 6.07) is 0. The number of aliphatic hydroxyl groups excluding tert-OH is 1. The normalized spacial score (nSPS) is 32.4. The van der Waals surface area contributed by atoms with Gasteiger partial charge >= 0.3 is 0 Å². The van der Waals surface area contributed by atoms with Gasteiger partial charge in [0.25, 0.3) is 0 Å². The van der Waals surface area contributed by atoms with E-state index in [2.05, 4.69) is 0 Å². The van der Waals surface area contributed by atoms with Crippen molar-refractivity contribution in [3.8, 4) is 0 Å². The van der Waals surface area contributed by atoms with Gasteiger partial charge in [-0.25, -0.2) is 8.78 Å². The number of rotatable bonds is 3. The van der Waals surface area contributed by atoms with Crippen LogP contribution in [-0.2, 0) is 0 Å². The van der Waals surface area contributed by atoms with Gasteiger partial charge in [-0.2, -0.15) is 0 Å². The monoisotopic (exact) mass is 150 g/mol. The molecular weight excluding hydrogens is 138 g/mol. The number of halogens is 2. The second-order valence-electron chi connectivity index (χ2n) is 2.94. The van der Waals surface area contributed by atoms with E-state index >= 15 is 0 Å². The van der Waals surface area contributed by atoms with Gasteiger partial charge in [-0.1, -0.05) is 0 Å². The van der Waals surface area contributed by atoms with E-state index in [4.69, 9.17) is 5.11 Å². The maximum atomic E-state index is 11.8. The van der Waals surface area contributed by atoms with Crippen LogP contribution < -0.4 is 0 Å². The van der Waals surface area contributed by atoms with Gasteiger partial charge in [0.1, 0.15) is 0 Å². The van der Waals surface area contributed by atoms with Crippen molar-refractivity contribution >= 4 is 0 Å². The van der Waals surface area contributed by atoms with Crippen LogP contribution in [0.3, 0.4) is 0 Å². The number of hydrogen-bond acceptors (Lipinski definition) is 1. The second kappa shape index (κ2) is 3.28. The van der Waals surface area contributed by atoms with Gasteiger partial charge in [0, 0.05) is 12.5 Å². The van der Waals surface area contributed by atoms with E-state index in [0.29, 0.717) is 25.2 Å². The maximum absolute atomic E-state index is 11.8. The zero-order valence-corrected chi connectivity index (χ0v) is 5.76. The minimum atomic E-state index is -2.14. The van der Waals surface area contributed by atoms with Gasteiger partial charge in [-0.3, -0.25) is 0 Å². The first-order valence-electron chi connectivity index (χ1n) is 3.63. The molecule has 0 unspecified atom stereocenters. The zero-order chi connectivity index (χ0) is 7.56. The summed E-state index contributed by atoms with van der Waals surface area (Å²) in [6.07, 6.45) is -0.227. The van der Waals surface area contributed by atoms with Gasteiger partial charge in [0.2, 0.25) is 6.43 Å². The molecule has 0 aromatic heterocycles. The Labute approximate surface area is 59.0 Å². The van der Waals surface area contributed by atoms with Crippen molar-refractivity contribution in [2.24, 2.45) is 11.8 Å². The molecule has 1 saturated carbocycles. The molecule has 1 rings (SSSR count). The summed E-state index contributed by atoms with van der Waals surface area (Å²) in [6.45, 7) is 0.140. The standard InChI is InChI=1S/C7H12F2O/c8-7(9)6-3-5(4-6)1-2-10/h5-7,10H,1-4H2. The van der Waals surface area contributed by atoms with E-state index in [1.165, 1.54) is 0 Å². The molecule has 0 bridgehead atoms. The minimum absolute atomic E-state index is 0.140. The van der Waals surface area contributed by atoms with Crippen LogP contribution in [0.5, 0.6) is 0 Å². The third kappa shape index (κ3) is 1.66. The molecule has 1 fully saturated rings. The van der Waals surface area contributed by atoms with Crippen LogP contribution in [0.15, 0.2) is 0 Å². The Morgan fingerprint density at radius 3 is 2.40 bits per heavy atom. The van der Waals surface area contributed by atoms with E-state index in [1.807, 2.05) is 0 Å². The van der Waals surface area contributed by atoms with Crippen LogP contribution in [0.2, 0.25) is 0 Å². The average molecular weight is 150 g/mol. The van der Waals surface area contributed by atoms with Crippen molar-refractivity contribution in [1.82, 2.24) is 0 Å². The Bertz CT molecular complexity index is 99.8. The Balaban J connectivity index is 2.06. The lowest BCUT2D eigenvalue weighted by Gasteiger charge is -2.34. The number of hydrogen-bond donors (Lipinski definition) is 1. The van der Waals surface area contributed by atoms with Crippen molar-refractivity contribution in [3.63, 3.8) is 0 Å². The average Bonchev–Trinajstić information content (AvgIpc) is 1.76. The summed E-state index contributed by atoms with van der Waals surface area (Å²) < 4.78 is 23.7. The van der Waals surface area contributed by atoms with Crippen LogP contribution in [-0.4, -0.2) is 18.1 Å². The highest BCUT2D eigenvalue weighted by atomic mass is 19.3. The van der Waals surface area contributed by atoms with Crippen molar-refractivity contribution in [2.75, 3.05) is 6.61 Å². The predicted octanol–water partition coefficient (Wildman–Crippen LogP) is 1.66. The Kier molecular flexibility index (Phi) is 2.60. The zero-order valence-electron chi connectivity index (χ0n) is 5.76. The Morgan fingerprint density at radius 2 is 2.00 bits per heavy atom.